The van der Waals surface area contributed by atoms with Crippen LogP contribution >= 0.6 is 11.3 Å². The molecule has 0 spiro atoms. The fraction of sp³-hybridized carbons (Fsp3) is 0.357. The van der Waals surface area contributed by atoms with E-state index < -0.39 is 5.82 Å². The Morgan fingerprint density at radius 1 is 1.57 bits per heavy atom. The number of aryl methyl sites for hydroxylation is 1. The Morgan fingerprint density at radius 3 is 3.14 bits per heavy atom. The van der Waals surface area contributed by atoms with Crippen molar-refractivity contribution in [2.24, 2.45) is 0 Å². The zero-order valence-corrected chi connectivity index (χ0v) is 12.4. The van der Waals surface area contributed by atoms with E-state index in [1.165, 1.54) is 12.3 Å². The Hall–Kier alpha value is -2.02. The van der Waals surface area contributed by atoms with Crippen molar-refractivity contribution in [3.8, 4) is 0 Å². The van der Waals surface area contributed by atoms with Crippen molar-refractivity contribution in [2.75, 3.05) is 11.9 Å². The van der Waals surface area contributed by atoms with Gasteiger partial charge < -0.3 is 10.2 Å². The summed E-state index contributed by atoms with van der Waals surface area (Å²) in [6.07, 6.45) is 4.34. The van der Waals surface area contributed by atoms with Gasteiger partial charge in [-0.15, -0.1) is 11.3 Å². The molecular weight excluding hydrogens is 291 g/mol. The van der Waals surface area contributed by atoms with Gasteiger partial charge in [0.2, 0.25) is 0 Å². The Morgan fingerprint density at radius 2 is 2.43 bits per heavy atom. The second kappa shape index (κ2) is 5.77. The van der Waals surface area contributed by atoms with Gasteiger partial charge in [0, 0.05) is 18.1 Å². The van der Waals surface area contributed by atoms with Gasteiger partial charge in [-0.2, -0.15) is 0 Å². The van der Waals surface area contributed by atoms with E-state index in [1.807, 2.05) is 12.3 Å². The minimum atomic E-state index is -0.536. The molecule has 1 fully saturated rings. The van der Waals surface area contributed by atoms with E-state index in [0.717, 1.165) is 29.7 Å². The smallest absolute Gasteiger partial charge is 0.316 e. The van der Waals surface area contributed by atoms with Crippen molar-refractivity contribution in [1.29, 1.82) is 0 Å². The van der Waals surface area contributed by atoms with Crippen LogP contribution in [0.15, 0.2) is 23.8 Å². The molecule has 2 aromatic rings. The lowest BCUT2D eigenvalue weighted by atomic mass is 10.2. The van der Waals surface area contributed by atoms with Crippen molar-refractivity contribution >= 4 is 23.1 Å². The Labute approximate surface area is 125 Å². The number of nitrogens with one attached hydrogen (secondary N) is 1. The molecule has 0 saturated carbocycles. The molecule has 5 nitrogen and oxygen atoms in total. The van der Waals surface area contributed by atoms with Gasteiger partial charge in [-0.05, 0) is 25.8 Å². The number of amides is 2. The molecule has 1 aliphatic heterocycles. The number of halogens is 1. The van der Waals surface area contributed by atoms with Crippen LogP contribution in [-0.2, 0) is 0 Å². The lowest BCUT2D eigenvalue weighted by Crippen LogP contribution is -2.34. The van der Waals surface area contributed by atoms with Crippen LogP contribution in [0, 0.1) is 12.7 Å². The maximum absolute atomic E-state index is 13.6. The summed E-state index contributed by atoms with van der Waals surface area (Å²) in [5.74, 6) is -0.536. The number of aromatic nitrogens is 2. The molecule has 0 aliphatic carbocycles. The van der Waals surface area contributed by atoms with E-state index in [2.05, 4.69) is 15.3 Å². The van der Waals surface area contributed by atoms with Crippen molar-refractivity contribution in [3.05, 3.63) is 40.4 Å². The van der Waals surface area contributed by atoms with Gasteiger partial charge in [-0.3, -0.25) is 4.98 Å². The van der Waals surface area contributed by atoms with Gasteiger partial charge in [0.1, 0.15) is 0 Å². The third-order valence-electron chi connectivity index (χ3n) is 3.51. The molecule has 3 rings (SSSR count). The summed E-state index contributed by atoms with van der Waals surface area (Å²) in [6, 6.07) is 1.12. The van der Waals surface area contributed by atoms with Crippen LogP contribution in [0.25, 0.3) is 0 Å². The van der Waals surface area contributed by atoms with Gasteiger partial charge in [-0.25, -0.2) is 14.2 Å². The second-order valence-electron chi connectivity index (χ2n) is 4.93. The van der Waals surface area contributed by atoms with Crippen LogP contribution in [0.4, 0.5) is 14.9 Å². The molecule has 1 atom stereocenters. The molecule has 2 aromatic heterocycles. The highest BCUT2D eigenvalue weighted by atomic mass is 32.1. The normalized spacial score (nSPS) is 18.0. The van der Waals surface area contributed by atoms with Gasteiger partial charge in [-0.1, -0.05) is 0 Å². The highest BCUT2D eigenvalue weighted by Crippen LogP contribution is 2.32. The fourth-order valence-corrected chi connectivity index (χ4v) is 3.17. The molecular formula is C14H15FN4OS. The summed E-state index contributed by atoms with van der Waals surface area (Å²) in [4.78, 5) is 22.2. The highest BCUT2D eigenvalue weighted by molar-refractivity contribution is 7.09. The van der Waals surface area contributed by atoms with Gasteiger partial charge in [0.05, 0.1) is 28.6 Å². The monoisotopic (exact) mass is 306 g/mol. The fourth-order valence-electron chi connectivity index (χ4n) is 2.51. The first-order valence-corrected chi connectivity index (χ1v) is 7.62. The minimum absolute atomic E-state index is 0.0279. The van der Waals surface area contributed by atoms with Crippen LogP contribution in [0.3, 0.4) is 0 Å². The summed E-state index contributed by atoms with van der Waals surface area (Å²) < 4.78 is 13.6. The molecule has 1 aliphatic rings. The summed E-state index contributed by atoms with van der Waals surface area (Å²) in [5, 5.41) is 5.57. The molecule has 1 unspecified atom stereocenters. The predicted molar refractivity (Wildman–Crippen MR) is 78.7 cm³/mol. The molecule has 0 aromatic carbocycles. The molecule has 0 bridgehead atoms. The summed E-state index contributed by atoms with van der Waals surface area (Å²) in [6.45, 7) is 2.60. The molecule has 21 heavy (non-hydrogen) atoms. The lowest BCUT2D eigenvalue weighted by Gasteiger charge is -2.23. The van der Waals surface area contributed by atoms with Crippen molar-refractivity contribution < 1.29 is 9.18 Å². The van der Waals surface area contributed by atoms with Crippen LogP contribution < -0.4 is 5.32 Å². The minimum Gasteiger partial charge on any atom is -0.316 e. The van der Waals surface area contributed by atoms with Crippen LogP contribution in [0.1, 0.15) is 29.6 Å². The molecule has 1 saturated heterocycles. The predicted octanol–water partition coefficient (Wildman–Crippen LogP) is 3.35. The van der Waals surface area contributed by atoms with E-state index in [-0.39, 0.29) is 17.8 Å². The Kier molecular flexibility index (Phi) is 3.83. The molecule has 3 heterocycles. The summed E-state index contributed by atoms with van der Waals surface area (Å²) >= 11 is 1.57. The molecule has 0 radical (unpaired) electrons. The highest BCUT2D eigenvalue weighted by Gasteiger charge is 2.31. The number of hydrogen-bond donors (Lipinski definition) is 1. The van der Waals surface area contributed by atoms with E-state index in [4.69, 9.17) is 0 Å². The van der Waals surface area contributed by atoms with Gasteiger partial charge in [0.15, 0.2) is 5.82 Å². The van der Waals surface area contributed by atoms with E-state index >= 15 is 0 Å². The molecule has 2 amide bonds. The average molecular weight is 306 g/mol. The van der Waals surface area contributed by atoms with Crippen LogP contribution in [-0.4, -0.2) is 27.4 Å². The standard InChI is InChI=1S/C14H15FN4OS/c1-9-17-12(8-21-9)13-3-2-6-19(13)14(20)18-11-4-5-16-7-10(11)15/h4-5,7-8,13H,2-3,6H2,1H3,(H,16,18,20). The molecule has 110 valence electrons. The van der Waals surface area contributed by atoms with Crippen LogP contribution in [0.2, 0.25) is 0 Å². The molecule has 7 heteroatoms. The van der Waals surface area contributed by atoms with Crippen molar-refractivity contribution in [2.45, 2.75) is 25.8 Å². The van der Waals surface area contributed by atoms with Crippen LogP contribution in [0.5, 0.6) is 0 Å². The molecule has 1 N–H and O–H groups in total. The Balaban J connectivity index is 1.76. The number of rotatable bonds is 2. The first-order chi connectivity index (χ1) is 10.1. The maximum Gasteiger partial charge on any atom is 0.322 e. The summed E-state index contributed by atoms with van der Waals surface area (Å²) in [7, 11) is 0. The van der Waals surface area contributed by atoms with Gasteiger partial charge >= 0.3 is 6.03 Å². The third kappa shape index (κ3) is 2.87. The average Bonchev–Trinajstić information content (AvgIpc) is 3.09. The zero-order chi connectivity index (χ0) is 14.8. The lowest BCUT2D eigenvalue weighted by molar-refractivity contribution is 0.206. The van der Waals surface area contributed by atoms with E-state index in [0.29, 0.717) is 6.54 Å². The Bertz CT molecular complexity index is 660. The number of thiazole rings is 1. The number of nitrogens with zero attached hydrogens (tertiary/aromatic N) is 3. The first-order valence-electron chi connectivity index (χ1n) is 6.74. The second-order valence-corrected chi connectivity index (χ2v) is 5.99. The SMILES string of the molecule is Cc1nc(C2CCCN2C(=O)Nc2ccncc2F)cs1. The zero-order valence-electron chi connectivity index (χ0n) is 11.5. The number of likely N-dealkylation sites (tertiary alicyclic amines) is 1. The third-order valence-corrected chi connectivity index (χ3v) is 4.30. The number of urea groups is 1. The summed E-state index contributed by atoms with van der Waals surface area (Å²) in [5.41, 5.74) is 1.07. The van der Waals surface area contributed by atoms with E-state index in [9.17, 15) is 9.18 Å². The number of carbonyl (C=O) groups excluding carboxylic acids is 1. The van der Waals surface area contributed by atoms with Crippen molar-refractivity contribution in [1.82, 2.24) is 14.9 Å². The number of anilines is 1. The number of hydrogen-bond acceptors (Lipinski definition) is 4. The topological polar surface area (TPSA) is 58.1 Å². The van der Waals surface area contributed by atoms with E-state index in [1.54, 1.807) is 16.2 Å². The van der Waals surface area contributed by atoms with Crippen molar-refractivity contribution in [3.63, 3.8) is 0 Å². The largest absolute Gasteiger partial charge is 0.322 e. The number of pyridine rings is 1. The number of carbonyl (C=O) groups is 1. The van der Waals surface area contributed by atoms with Gasteiger partial charge in [0.25, 0.3) is 0 Å². The maximum atomic E-state index is 13.6. The first kappa shape index (κ1) is 13.9. The quantitative estimate of drug-likeness (QED) is 0.925.